The maximum Gasteiger partial charge on any atom is 0.266 e. The molecule has 1 fully saturated rings. The Bertz CT molecular complexity index is 915. The van der Waals surface area contributed by atoms with Gasteiger partial charge in [-0.1, -0.05) is 13.0 Å². The van der Waals surface area contributed by atoms with Crippen LogP contribution < -0.4 is 0 Å². The zero-order chi connectivity index (χ0) is 17.4. The summed E-state index contributed by atoms with van der Waals surface area (Å²) in [6, 6.07) is 5.82. The van der Waals surface area contributed by atoms with E-state index < -0.39 is 0 Å². The first kappa shape index (κ1) is 16.2. The molecular formula is C18H21N5OS. The van der Waals surface area contributed by atoms with Crippen molar-refractivity contribution in [3.63, 3.8) is 0 Å². The van der Waals surface area contributed by atoms with Gasteiger partial charge in [0.25, 0.3) is 5.91 Å². The monoisotopic (exact) mass is 355 g/mol. The average Bonchev–Trinajstić information content (AvgIpc) is 3.32. The summed E-state index contributed by atoms with van der Waals surface area (Å²) >= 11 is 1.54. The Morgan fingerprint density at radius 3 is 3.08 bits per heavy atom. The van der Waals surface area contributed by atoms with Crippen molar-refractivity contribution < 1.29 is 4.79 Å². The van der Waals surface area contributed by atoms with E-state index in [0.717, 1.165) is 59.3 Å². The Morgan fingerprint density at radius 2 is 2.24 bits per heavy atom. The van der Waals surface area contributed by atoms with Crippen LogP contribution in [-0.4, -0.2) is 36.9 Å². The minimum atomic E-state index is -0.0268. The van der Waals surface area contributed by atoms with Gasteiger partial charge in [-0.25, -0.2) is 4.98 Å². The van der Waals surface area contributed by atoms with Crippen molar-refractivity contribution in [2.45, 2.75) is 45.6 Å². The third-order valence-corrected chi connectivity index (χ3v) is 5.86. The second kappa shape index (κ2) is 6.55. The highest BCUT2D eigenvalue weighted by molar-refractivity contribution is 7.13. The fourth-order valence-corrected chi connectivity index (χ4v) is 4.59. The molecule has 1 atom stereocenters. The fraction of sp³-hybridized carbons (Fsp3) is 0.444. The third kappa shape index (κ3) is 2.82. The highest BCUT2D eigenvalue weighted by atomic mass is 32.1. The number of nitrogens with zero attached hydrogens (tertiary/aromatic N) is 5. The maximum absolute atomic E-state index is 13.2. The van der Waals surface area contributed by atoms with Gasteiger partial charge in [-0.15, -0.1) is 21.5 Å². The molecule has 6 nitrogen and oxygen atoms in total. The van der Waals surface area contributed by atoms with Gasteiger partial charge in [0.05, 0.1) is 16.7 Å². The summed E-state index contributed by atoms with van der Waals surface area (Å²) in [5.41, 5.74) is 1.66. The predicted octanol–water partition coefficient (Wildman–Crippen LogP) is 3.42. The van der Waals surface area contributed by atoms with Gasteiger partial charge in [-0.05, 0) is 44.7 Å². The van der Waals surface area contributed by atoms with E-state index in [-0.39, 0.29) is 11.9 Å². The summed E-state index contributed by atoms with van der Waals surface area (Å²) < 4.78 is 1.98. The van der Waals surface area contributed by atoms with Gasteiger partial charge in [0.1, 0.15) is 4.88 Å². The number of aromatic nitrogens is 4. The summed E-state index contributed by atoms with van der Waals surface area (Å²) in [6.07, 6.45) is 5.83. The SMILES string of the molecule is CCCc1nc(C)c(C(=O)N2CCC[C@@H]2c2nnc3ccccn23)s1. The van der Waals surface area contributed by atoms with Gasteiger partial charge in [-0.2, -0.15) is 0 Å². The zero-order valence-corrected chi connectivity index (χ0v) is 15.3. The molecule has 0 bridgehead atoms. The lowest BCUT2D eigenvalue weighted by atomic mass is 10.2. The molecule has 0 saturated carbocycles. The number of rotatable bonds is 4. The number of likely N-dealkylation sites (tertiary alicyclic amines) is 1. The molecule has 1 saturated heterocycles. The largest absolute Gasteiger partial charge is 0.328 e. The number of carbonyl (C=O) groups is 1. The molecule has 0 spiro atoms. The van der Waals surface area contributed by atoms with Gasteiger partial charge in [0.15, 0.2) is 11.5 Å². The van der Waals surface area contributed by atoms with Crippen LogP contribution in [0.15, 0.2) is 24.4 Å². The molecule has 0 aliphatic carbocycles. The van der Waals surface area contributed by atoms with Crippen molar-refractivity contribution >= 4 is 22.9 Å². The molecule has 0 radical (unpaired) electrons. The molecule has 130 valence electrons. The summed E-state index contributed by atoms with van der Waals surface area (Å²) in [5.74, 6) is 0.921. The Labute approximate surface area is 150 Å². The molecule has 4 rings (SSSR count). The third-order valence-electron chi connectivity index (χ3n) is 4.65. The Morgan fingerprint density at radius 1 is 1.36 bits per heavy atom. The van der Waals surface area contributed by atoms with Crippen LogP contribution in [0.4, 0.5) is 0 Å². The smallest absolute Gasteiger partial charge is 0.266 e. The molecule has 25 heavy (non-hydrogen) atoms. The first-order valence-electron chi connectivity index (χ1n) is 8.76. The average molecular weight is 355 g/mol. The molecule has 1 aliphatic heterocycles. The second-order valence-electron chi connectivity index (χ2n) is 6.42. The molecule has 0 aromatic carbocycles. The molecule has 3 aromatic heterocycles. The number of pyridine rings is 1. The quantitative estimate of drug-likeness (QED) is 0.719. The lowest BCUT2D eigenvalue weighted by Gasteiger charge is -2.23. The van der Waals surface area contributed by atoms with Crippen molar-refractivity contribution in [1.82, 2.24) is 24.5 Å². The van der Waals surface area contributed by atoms with Crippen molar-refractivity contribution in [2.75, 3.05) is 6.54 Å². The second-order valence-corrected chi connectivity index (χ2v) is 7.50. The van der Waals surface area contributed by atoms with Crippen molar-refractivity contribution in [3.8, 4) is 0 Å². The highest BCUT2D eigenvalue weighted by Gasteiger charge is 2.35. The van der Waals surface area contributed by atoms with Crippen LogP contribution in [-0.2, 0) is 6.42 Å². The van der Waals surface area contributed by atoms with E-state index in [1.807, 2.05) is 40.6 Å². The van der Waals surface area contributed by atoms with Gasteiger partial charge in [-0.3, -0.25) is 9.20 Å². The van der Waals surface area contributed by atoms with E-state index >= 15 is 0 Å². The number of fused-ring (bicyclic) bond motifs is 1. The topological polar surface area (TPSA) is 63.4 Å². The first-order valence-corrected chi connectivity index (χ1v) is 9.57. The maximum atomic E-state index is 13.2. The van der Waals surface area contributed by atoms with Gasteiger partial charge >= 0.3 is 0 Å². The van der Waals surface area contributed by atoms with Crippen LogP contribution in [0.5, 0.6) is 0 Å². The number of aryl methyl sites for hydroxylation is 2. The molecule has 0 N–H and O–H groups in total. The highest BCUT2D eigenvalue weighted by Crippen LogP contribution is 2.34. The standard InChI is InChI=1S/C18H21N5OS/c1-3-7-15-19-12(2)16(25-15)18(24)22-11-6-8-13(22)17-21-20-14-9-4-5-10-23(14)17/h4-5,9-10,13H,3,6-8,11H2,1-2H3/t13-/m1/s1. The predicted molar refractivity (Wildman–Crippen MR) is 96.8 cm³/mol. The zero-order valence-electron chi connectivity index (χ0n) is 14.5. The van der Waals surface area contributed by atoms with E-state index in [9.17, 15) is 4.79 Å². The van der Waals surface area contributed by atoms with Crippen LogP contribution in [0.1, 0.15) is 58.4 Å². The van der Waals surface area contributed by atoms with Gasteiger partial charge < -0.3 is 4.90 Å². The van der Waals surface area contributed by atoms with Crippen molar-refractivity contribution in [1.29, 1.82) is 0 Å². The molecular weight excluding hydrogens is 334 g/mol. The van der Waals surface area contributed by atoms with Crippen molar-refractivity contribution in [3.05, 3.63) is 45.8 Å². The van der Waals surface area contributed by atoms with Crippen molar-refractivity contribution in [2.24, 2.45) is 0 Å². The summed E-state index contributed by atoms with van der Waals surface area (Å²) in [7, 11) is 0. The first-order chi connectivity index (χ1) is 12.2. The number of thiazole rings is 1. The summed E-state index contributed by atoms with van der Waals surface area (Å²) in [4.78, 5) is 20.4. The van der Waals surface area contributed by atoms with Gasteiger partial charge in [0, 0.05) is 12.7 Å². The van der Waals surface area contributed by atoms with E-state index in [1.165, 1.54) is 11.3 Å². The Hall–Kier alpha value is -2.28. The fourth-order valence-electron chi connectivity index (χ4n) is 3.47. The molecule has 1 aliphatic rings. The summed E-state index contributed by atoms with van der Waals surface area (Å²) in [5, 5.41) is 9.66. The van der Waals surface area contributed by atoms with E-state index in [2.05, 4.69) is 22.1 Å². The number of carbonyl (C=O) groups excluding carboxylic acids is 1. The molecule has 7 heteroatoms. The lowest BCUT2D eigenvalue weighted by Crippen LogP contribution is -2.31. The lowest BCUT2D eigenvalue weighted by molar-refractivity contribution is 0.0733. The minimum Gasteiger partial charge on any atom is -0.328 e. The van der Waals surface area contributed by atoms with E-state index in [1.54, 1.807) is 0 Å². The summed E-state index contributed by atoms with van der Waals surface area (Å²) in [6.45, 7) is 4.82. The van der Waals surface area contributed by atoms with E-state index in [4.69, 9.17) is 0 Å². The van der Waals surface area contributed by atoms with Crippen LogP contribution in [0.25, 0.3) is 5.65 Å². The van der Waals surface area contributed by atoms with Crippen LogP contribution in [0, 0.1) is 6.92 Å². The normalized spacial score (nSPS) is 17.5. The minimum absolute atomic E-state index is 0.0268. The van der Waals surface area contributed by atoms with Crippen LogP contribution in [0.3, 0.4) is 0 Å². The number of amides is 1. The Balaban J connectivity index is 1.66. The molecule has 1 amide bonds. The molecule has 0 unspecified atom stereocenters. The van der Waals surface area contributed by atoms with Crippen LogP contribution in [0.2, 0.25) is 0 Å². The Kier molecular flexibility index (Phi) is 4.25. The number of hydrogen-bond acceptors (Lipinski definition) is 5. The number of hydrogen-bond donors (Lipinski definition) is 0. The molecule has 4 heterocycles. The van der Waals surface area contributed by atoms with Gasteiger partial charge in [0.2, 0.25) is 0 Å². The molecule has 3 aromatic rings. The van der Waals surface area contributed by atoms with Crippen LogP contribution >= 0.6 is 11.3 Å². The van der Waals surface area contributed by atoms with E-state index in [0.29, 0.717) is 0 Å².